The standard InChI is InChI=1S/C13H10N6O/c1-20-11-5-3-10(4-6-11)19-16-12-7-2-9(15-18-14)8-13(12)17-19/h2-8H,1H3. The van der Waals surface area contributed by atoms with E-state index < -0.39 is 0 Å². The van der Waals surface area contributed by atoms with Gasteiger partial charge in [-0.25, -0.2) is 0 Å². The lowest BCUT2D eigenvalue weighted by molar-refractivity contribution is 0.414. The number of rotatable bonds is 3. The predicted molar refractivity (Wildman–Crippen MR) is 74.2 cm³/mol. The lowest BCUT2D eigenvalue weighted by atomic mass is 10.3. The van der Waals surface area contributed by atoms with Crippen molar-refractivity contribution in [2.45, 2.75) is 0 Å². The summed E-state index contributed by atoms with van der Waals surface area (Å²) >= 11 is 0. The van der Waals surface area contributed by atoms with E-state index in [1.807, 2.05) is 24.3 Å². The SMILES string of the molecule is COc1ccc(-n2nc3ccc(N=[N+]=[N-])cc3n2)cc1. The Morgan fingerprint density at radius 3 is 2.55 bits per heavy atom. The molecule has 1 heterocycles. The van der Waals surface area contributed by atoms with Gasteiger partial charge < -0.3 is 4.74 Å². The van der Waals surface area contributed by atoms with Crippen LogP contribution >= 0.6 is 0 Å². The minimum Gasteiger partial charge on any atom is -0.497 e. The zero-order valence-electron chi connectivity index (χ0n) is 10.6. The van der Waals surface area contributed by atoms with Crippen LogP contribution in [0.1, 0.15) is 0 Å². The van der Waals surface area contributed by atoms with Crippen molar-refractivity contribution in [1.82, 2.24) is 15.0 Å². The Hall–Kier alpha value is -3.05. The van der Waals surface area contributed by atoms with Crippen LogP contribution in [0.3, 0.4) is 0 Å². The molecule has 7 nitrogen and oxygen atoms in total. The third-order valence-electron chi connectivity index (χ3n) is 2.83. The third kappa shape index (κ3) is 2.13. The van der Waals surface area contributed by atoms with E-state index in [9.17, 15) is 0 Å². The van der Waals surface area contributed by atoms with Crippen LogP contribution in [0.2, 0.25) is 0 Å². The van der Waals surface area contributed by atoms with Gasteiger partial charge in [0.15, 0.2) is 0 Å². The molecule has 0 saturated heterocycles. The van der Waals surface area contributed by atoms with Gasteiger partial charge in [0.2, 0.25) is 0 Å². The van der Waals surface area contributed by atoms with Crippen molar-refractivity contribution in [3.63, 3.8) is 0 Å². The molecule has 20 heavy (non-hydrogen) atoms. The topological polar surface area (TPSA) is 88.7 Å². The molecule has 0 amide bonds. The molecule has 0 saturated carbocycles. The molecule has 0 unspecified atom stereocenters. The number of hydrogen-bond donors (Lipinski definition) is 0. The zero-order valence-corrected chi connectivity index (χ0v) is 10.6. The van der Waals surface area contributed by atoms with Crippen LogP contribution in [0, 0.1) is 0 Å². The molecule has 7 heteroatoms. The molecule has 0 atom stereocenters. The first-order chi connectivity index (χ1) is 9.80. The Balaban J connectivity index is 2.05. The summed E-state index contributed by atoms with van der Waals surface area (Å²) in [4.78, 5) is 4.28. The van der Waals surface area contributed by atoms with Gasteiger partial charge in [-0.3, -0.25) is 0 Å². The highest BCUT2D eigenvalue weighted by Gasteiger charge is 2.05. The summed E-state index contributed by atoms with van der Waals surface area (Å²) in [5, 5.41) is 12.3. The van der Waals surface area contributed by atoms with Crippen LogP contribution in [0.15, 0.2) is 47.6 Å². The van der Waals surface area contributed by atoms with Crippen molar-refractivity contribution in [2.24, 2.45) is 5.11 Å². The summed E-state index contributed by atoms with van der Waals surface area (Å²) in [6.45, 7) is 0. The van der Waals surface area contributed by atoms with Crippen LogP contribution < -0.4 is 4.74 Å². The number of methoxy groups -OCH3 is 1. The molecule has 1 aromatic heterocycles. The molecule has 98 valence electrons. The van der Waals surface area contributed by atoms with Crippen LogP contribution in [0.4, 0.5) is 5.69 Å². The molecule has 0 fully saturated rings. The van der Waals surface area contributed by atoms with Gasteiger partial charge in [0.1, 0.15) is 16.8 Å². The summed E-state index contributed by atoms with van der Waals surface area (Å²) in [7, 11) is 1.62. The fourth-order valence-corrected chi connectivity index (χ4v) is 1.85. The molecule has 3 aromatic rings. The van der Waals surface area contributed by atoms with Gasteiger partial charge in [-0.2, -0.15) is 4.80 Å². The average molecular weight is 266 g/mol. The number of azide groups is 1. The largest absolute Gasteiger partial charge is 0.497 e. The smallest absolute Gasteiger partial charge is 0.119 e. The molecular formula is C13H10N6O. The second-order valence-electron chi connectivity index (χ2n) is 4.05. The van der Waals surface area contributed by atoms with Crippen LogP contribution in [-0.4, -0.2) is 22.1 Å². The number of ether oxygens (including phenoxy) is 1. The second kappa shape index (κ2) is 4.91. The lowest BCUT2D eigenvalue weighted by Crippen LogP contribution is -1.98. The van der Waals surface area contributed by atoms with Crippen molar-refractivity contribution >= 4 is 16.7 Å². The lowest BCUT2D eigenvalue weighted by Gasteiger charge is -2.01. The van der Waals surface area contributed by atoms with Gasteiger partial charge in [-0.05, 0) is 41.9 Å². The van der Waals surface area contributed by atoms with Gasteiger partial charge in [-0.15, -0.1) is 10.2 Å². The maximum Gasteiger partial charge on any atom is 0.119 e. The molecule has 0 spiro atoms. The van der Waals surface area contributed by atoms with E-state index in [0.29, 0.717) is 11.2 Å². The number of aromatic nitrogens is 3. The number of nitrogens with zero attached hydrogens (tertiary/aromatic N) is 6. The van der Waals surface area contributed by atoms with E-state index in [2.05, 4.69) is 20.2 Å². The minimum atomic E-state index is 0.516. The fraction of sp³-hybridized carbons (Fsp3) is 0.0769. The second-order valence-corrected chi connectivity index (χ2v) is 4.05. The van der Waals surface area contributed by atoms with Crippen molar-refractivity contribution < 1.29 is 4.74 Å². The van der Waals surface area contributed by atoms with E-state index in [-0.39, 0.29) is 0 Å². The molecule has 0 radical (unpaired) electrons. The first-order valence-corrected chi connectivity index (χ1v) is 5.87. The Bertz CT molecular complexity index is 801. The molecule has 0 N–H and O–H groups in total. The number of fused-ring (bicyclic) bond motifs is 1. The van der Waals surface area contributed by atoms with Crippen molar-refractivity contribution in [1.29, 1.82) is 0 Å². The molecule has 0 aliphatic carbocycles. The highest BCUT2D eigenvalue weighted by Crippen LogP contribution is 2.20. The number of benzene rings is 2. The maximum absolute atomic E-state index is 8.43. The Morgan fingerprint density at radius 1 is 1.10 bits per heavy atom. The summed E-state index contributed by atoms with van der Waals surface area (Å²) in [6.07, 6.45) is 0. The zero-order chi connectivity index (χ0) is 13.9. The Kier molecular flexibility index (Phi) is 2.95. The Labute approximate surface area is 114 Å². The van der Waals surface area contributed by atoms with Crippen molar-refractivity contribution in [3.05, 3.63) is 52.9 Å². The number of hydrogen-bond acceptors (Lipinski definition) is 4. The molecule has 0 bridgehead atoms. The summed E-state index contributed by atoms with van der Waals surface area (Å²) in [6, 6.07) is 12.6. The quantitative estimate of drug-likeness (QED) is 0.413. The van der Waals surface area contributed by atoms with Gasteiger partial charge >= 0.3 is 0 Å². The van der Waals surface area contributed by atoms with Gasteiger partial charge in [0.25, 0.3) is 0 Å². The van der Waals surface area contributed by atoms with E-state index in [1.165, 1.54) is 4.80 Å². The van der Waals surface area contributed by atoms with Crippen molar-refractivity contribution in [2.75, 3.05) is 7.11 Å². The summed E-state index contributed by atoms with van der Waals surface area (Å²) in [5.41, 5.74) is 11.2. The highest BCUT2D eigenvalue weighted by atomic mass is 16.5. The first-order valence-electron chi connectivity index (χ1n) is 5.87. The minimum absolute atomic E-state index is 0.516. The van der Waals surface area contributed by atoms with E-state index in [1.54, 1.807) is 25.3 Å². The molecule has 2 aromatic carbocycles. The van der Waals surface area contributed by atoms with Gasteiger partial charge in [-0.1, -0.05) is 11.2 Å². The van der Waals surface area contributed by atoms with E-state index >= 15 is 0 Å². The maximum atomic E-state index is 8.43. The summed E-state index contributed by atoms with van der Waals surface area (Å²) in [5.74, 6) is 0.774. The molecular weight excluding hydrogens is 256 g/mol. The van der Waals surface area contributed by atoms with Gasteiger partial charge in [0, 0.05) is 10.6 Å². The monoisotopic (exact) mass is 266 g/mol. The van der Waals surface area contributed by atoms with Crippen molar-refractivity contribution in [3.8, 4) is 11.4 Å². The summed E-state index contributed by atoms with van der Waals surface area (Å²) < 4.78 is 5.11. The first kappa shape index (κ1) is 12.0. The van der Waals surface area contributed by atoms with Crippen LogP contribution in [-0.2, 0) is 0 Å². The Morgan fingerprint density at radius 2 is 1.85 bits per heavy atom. The third-order valence-corrected chi connectivity index (χ3v) is 2.83. The normalized spacial score (nSPS) is 10.2. The molecule has 3 rings (SSSR count). The fourth-order valence-electron chi connectivity index (χ4n) is 1.85. The highest BCUT2D eigenvalue weighted by molar-refractivity contribution is 5.77. The van der Waals surface area contributed by atoms with Crippen LogP contribution in [0.5, 0.6) is 5.75 Å². The van der Waals surface area contributed by atoms with Crippen LogP contribution in [0.25, 0.3) is 27.2 Å². The van der Waals surface area contributed by atoms with E-state index in [0.717, 1.165) is 17.0 Å². The predicted octanol–water partition coefficient (Wildman–Crippen LogP) is 3.37. The average Bonchev–Trinajstić information content (AvgIpc) is 2.91. The molecule has 0 aliphatic rings. The van der Waals surface area contributed by atoms with Gasteiger partial charge in [0.05, 0.1) is 12.8 Å². The molecule has 0 aliphatic heterocycles. The van der Waals surface area contributed by atoms with E-state index in [4.69, 9.17) is 10.3 Å².